The third kappa shape index (κ3) is 5.84. The molecule has 0 fully saturated rings. The molecule has 0 spiro atoms. The van der Waals surface area contributed by atoms with Gasteiger partial charge in [-0.1, -0.05) is 137 Å². The van der Waals surface area contributed by atoms with Gasteiger partial charge >= 0.3 is 0 Å². The van der Waals surface area contributed by atoms with Gasteiger partial charge in [0.05, 0.1) is 12.2 Å². The van der Waals surface area contributed by atoms with E-state index in [9.17, 15) is 0 Å². The maximum absolute atomic E-state index is 7.13. The fraction of sp³-hybridized carbons (Fsp3) is 0.375. The average molecular weight is 439 g/mol. The van der Waals surface area contributed by atoms with Crippen molar-refractivity contribution in [1.29, 1.82) is 0 Å². The summed E-state index contributed by atoms with van der Waals surface area (Å²) in [5.74, 6) is 0. The van der Waals surface area contributed by atoms with Crippen LogP contribution in [0.1, 0.15) is 88.5 Å². The molecule has 2 unspecified atom stereocenters. The Hall–Kier alpha value is -2.64. The van der Waals surface area contributed by atoms with E-state index in [1.165, 1.54) is 71.2 Å². The molecule has 0 N–H and O–H groups in total. The standard InChI is InChI=1S/C32H38O/c1-3-5-7-23-31(29-21-13-17-25-15-9-11-19-27(25)29)33-32(24-8-6-4-2)30-22-14-18-26-16-10-12-20-28(26)30/h9-22,31-32H,3-8,23-24H2,1-2H3. The van der Waals surface area contributed by atoms with Gasteiger partial charge in [0.25, 0.3) is 0 Å². The summed E-state index contributed by atoms with van der Waals surface area (Å²) in [5, 5.41) is 5.25. The summed E-state index contributed by atoms with van der Waals surface area (Å²) < 4.78 is 7.13. The van der Waals surface area contributed by atoms with Crippen molar-refractivity contribution < 1.29 is 4.74 Å². The molecule has 4 rings (SSSR count). The molecule has 0 saturated carbocycles. The van der Waals surface area contributed by atoms with E-state index in [1.54, 1.807) is 0 Å². The second-order valence-electron chi connectivity index (χ2n) is 9.24. The largest absolute Gasteiger partial charge is 0.366 e. The van der Waals surface area contributed by atoms with E-state index < -0.39 is 0 Å². The Morgan fingerprint density at radius 1 is 0.515 bits per heavy atom. The van der Waals surface area contributed by atoms with E-state index in [-0.39, 0.29) is 12.2 Å². The van der Waals surface area contributed by atoms with Crippen molar-refractivity contribution in [2.24, 2.45) is 0 Å². The smallest absolute Gasteiger partial charge is 0.0839 e. The van der Waals surface area contributed by atoms with Crippen LogP contribution in [0, 0.1) is 0 Å². The maximum atomic E-state index is 7.13. The van der Waals surface area contributed by atoms with E-state index in [4.69, 9.17) is 4.74 Å². The van der Waals surface area contributed by atoms with Crippen molar-refractivity contribution in [2.75, 3.05) is 0 Å². The van der Waals surface area contributed by atoms with Crippen LogP contribution < -0.4 is 0 Å². The number of rotatable bonds is 12. The number of hydrogen-bond acceptors (Lipinski definition) is 1. The lowest BCUT2D eigenvalue weighted by Gasteiger charge is -2.28. The summed E-state index contributed by atoms with van der Waals surface area (Å²) in [4.78, 5) is 0. The third-order valence-corrected chi connectivity index (χ3v) is 6.81. The Bertz CT molecular complexity index is 1040. The van der Waals surface area contributed by atoms with E-state index in [2.05, 4.69) is 98.8 Å². The van der Waals surface area contributed by atoms with Gasteiger partial charge in [0.2, 0.25) is 0 Å². The zero-order chi connectivity index (χ0) is 22.9. The topological polar surface area (TPSA) is 9.23 Å². The van der Waals surface area contributed by atoms with Crippen molar-refractivity contribution in [3.05, 3.63) is 96.1 Å². The molecule has 4 aromatic rings. The van der Waals surface area contributed by atoms with Crippen LogP contribution in [0.5, 0.6) is 0 Å². The monoisotopic (exact) mass is 438 g/mol. The van der Waals surface area contributed by atoms with Crippen LogP contribution in [0.2, 0.25) is 0 Å². The van der Waals surface area contributed by atoms with Crippen molar-refractivity contribution in [3.8, 4) is 0 Å². The first kappa shape index (κ1) is 23.5. The first-order valence-corrected chi connectivity index (χ1v) is 12.9. The number of hydrogen-bond donors (Lipinski definition) is 0. The van der Waals surface area contributed by atoms with Gasteiger partial charge in [-0.2, -0.15) is 0 Å². The predicted molar refractivity (Wildman–Crippen MR) is 143 cm³/mol. The fourth-order valence-corrected chi connectivity index (χ4v) is 5.01. The minimum atomic E-state index is 0.105. The second-order valence-corrected chi connectivity index (χ2v) is 9.24. The maximum Gasteiger partial charge on any atom is 0.0839 e. The molecule has 1 nitrogen and oxygen atoms in total. The second kappa shape index (κ2) is 12.0. The highest BCUT2D eigenvalue weighted by atomic mass is 16.5. The van der Waals surface area contributed by atoms with Crippen LogP contribution in [0.4, 0.5) is 0 Å². The summed E-state index contributed by atoms with van der Waals surface area (Å²) in [6, 6.07) is 30.9. The molecule has 0 heterocycles. The van der Waals surface area contributed by atoms with Gasteiger partial charge in [-0.05, 0) is 45.5 Å². The van der Waals surface area contributed by atoms with Crippen LogP contribution in [-0.2, 0) is 4.74 Å². The Morgan fingerprint density at radius 2 is 0.939 bits per heavy atom. The number of fused-ring (bicyclic) bond motifs is 2. The van der Waals surface area contributed by atoms with Crippen LogP contribution in [0.3, 0.4) is 0 Å². The molecule has 0 amide bonds. The lowest BCUT2D eigenvalue weighted by Crippen LogP contribution is -2.12. The average Bonchev–Trinajstić information content (AvgIpc) is 2.87. The first-order valence-electron chi connectivity index (χ1n) is 12.9. The van der Waals surface area contributed by atoms with Crippen LogP contribution in [-0.4, -0.2) is 0 Å². The lowest BCUT2D eigenvalue weighted by atomic mass is 9.94. The molecular weight excluding hydrogens is 400 g/mol. The Balaban J connectivity index is 1.72. The summed E-state index contributed by atoms with van der Waals surface area (Å²) in [6.45, 7) is 4.55. The molecule has 0 radical (unpaired) electrons. The van der Waals surface area contributed by atoms with Gasteiger partial charge in [0.1, 0.15) is 0 Å². The number of unbranched alkanes of at least 4 members (excludes halogenated alkanes) is 4. The molecule has 0 aromatic heterocycles. The van der Waals surface area contributed by atoms with E-state index in [0.717, 1.165) is 12.8 Å². The molecule has 33 heavy (non-hydrogen) atoms. The predicted octanol–water partition coefficient (Wildman–Crippen LogP) is 9.95. The molecule has 0 saturated heterocycles. The van der Waals surface area contributed by atoms with Gasteiger partial charge in [0.15, 0.2) is 0 Å². The van der Waals surface area contributed by atoms with Gasteiger partial charge < -0.3 is 4.74 Å². The molecule has 0 aliphatic carbocycles. The highest BCUT2D eigenvalue weighted by Crippen LogP contribution is 2.38. The molecule has 172 valence electrons. The minimum absolute atomic E-state index is 0.105. The summed E-state index contributed by atoms with van der Waals surface area (Å²) in [7, 11) is 0. The van der Waals surface area contributed by atoms with Crippen molar-refractivity contribution in [2.45, 2.75) is 77.4 Å². The van der Waals surface area contributed by atoms with Gasteiger partial charge in [0, 0.05) is 0 Å². The molecule has 0 aliphatic heterocycles. The molecule has 4 aromatic carbocycles. The quantitative estimate of drug-likeness (QED) is 0.200. The van der Waals surface area contributed by atoms with E-state index >= 15 is 0 Å². The molecule has 1 heteroatoms. The van der Waals surface area contributed by atoms with Crippen LogP contribution in [0.25, 0.3) is 21.5 Å². The molecule has 0 bridgehead atoms. The van der Waals surface area contributed by atoms with Gasteiger partial charge in [-0.15, -0.1) is 0 Å². The van der Waals surface area contributed by atoms with Gasteiger partial charge in [-0.3, -0.25) is 0 Å². The van der Waals surface area contributed by atoms with E-state index in [0.29, 0.717) is 0 Å². The minimum Gasteiger partial charge on any atom is -0.366 e. The summed E-state index contributed by atoms with van der Waals surface area (Å²) in [6.07, 6.45) is 9.69. The fourth-order valence-electron chi connectivity index (χ4n) is 5.01. The highest BCUT2D eigenvalue weighted by molar-refractivity contribution is 5.87. The Morgan fingerprint density at radius 3 is 1.39 bits per heavy atom. The zero-order valence-electron chi connectivity index (χ0n) is 20.3. The summed E-state index contributed by atoms with van der Waals surface area (Å²) in [5.41, 5.74) is 2.68. The number of ether oxygens (including phenoxy) is 1. The lowest BCUT2D eigenvalue weighted by molar-refractivity contribution is -0.0248. The third-order valence-electron chi connectivity index (χ3n) is 6.81. The van der Waals surface area contributed by atoms with E-state index in [1.807, 2.05) is 0 Å². The van der Waals surface area contributed by atoms with Gasteiger partial charge in [-0.25, -0.2) is 0 Å². The SMILES string of the molecule is CCCCCC(OC(CCCCC)c1cccc2ccccc12)c1cccc2ccccc12. The Labute approximate surface area is 199 Å². The van der Waals surface area contributed by atoms with Crippen molar-refractivity contribution in [3.63, 3.8) is 0 Å². The normalized spacial score (nSPS) is 13.4. The van der Waals surface area contributed by atoms with Crippen molar-refractivity contribution in [1.82, 2.24) is 0 Å². The molecule has 2 atom stereocenters. The molecular formula is C32H38O. The van der Waals surface area contributed by atoms with Crippen molar-refractivity contribution >= 4 is 21.5 Å². The molecule has 0 aliphatic rings. The number of benzene rings is 4. The van der Waals surface area contributed by atoms with Crippen LogP contribution >= 0.6 is 0 Å². The summed E-state index contributed by atoms with van der Waals surface area (Å²) >= 11 is 0. The Kier molecular flexibility index (Phi) is 8.55. The van der Waals surface area contributed by atoms with Crippen LogP contribution in [0.15, 0.2) is 84.9 Å². The first-order chi connectivity index (χ1) is 16.3. The highest BCUT2D eigenvalue weighted by Gasteiger charge is 2.22. The zero-order valence-corrected chi connectivity index (χ0v) is 20.3.